The molecular formula is C55H59N3. The number of fused-ring (bicyclic) bond motifs is 5. The maximum absolute atomic E-state index is 2.53. The molecule has 0 atom stereocenters. The van der Waals surface area contributed by atoms with Gasteiger partial charge in [0.15, 0.2) is 0 Å². The highest BCUT2D eigenvalue weighted by Gasteiger charge is 2.36. The number of para-hydroxylation sites is 1. The predicted molar refractivity (Wildman–Crippen MR) is 251 cm³/mol. The third kappa shape index (κ3) is 6.75. The largest absolute Gasteiger partial charge is 0.311 e. The van der Waals surface area contributed by atoms with Crippen LogP contribution in [0.2, 0.25) is 0 Å². The lowest BCUT2D eigenvalue weighted by molar-refractivity contribution is 0.590. The summed E-state index contributed by atoms with van der Waals surface area (Å²) in [7, 11) is 0. The van der Waals surface area contributed by atoms with Crippen LogP contribution in [-0.2, 0) is 16.2 Å². The average molecular weight is 762 g/mol. The third-order valence-corrected chi connectivity index (χ3v) is 12.2. The molecule has 1 aliphatic rings. The van der Waals surface area contributed by atoms with E-state index in [1.807, 2.05) is 0 Å². The zero-order valence-corrected chi connectivity index (χ0v) is 36.4. The molecule has 294 valence electrons. The first kappa shape index (κ1) is 39.0. The topological polar surface area (TPSA) is 11.4 Å². The van der Waals surface area contributed by atoms with Crippen LogP contribution >= 0.6 is 0 Å². The summed E-state index contributed by atoms with van der Waals surface area (Å²) in [6, 6.07) is 48.3. The summed E-state index contributed by atoms with van der Waals surface area (Å²) in [6.07, 6.45) is 7.71. The Kier molecular flexibility index (Phi) is 9.79. The standard InChI is InChI=1S/C55H59N3/c1-12-14-17-40(13-2)56(42-28-22-38(23-29-42)53(4,5)6)44-32-33-50-46(34-44)47-35-45(36-49-52(47)58(50)51-19-16-15-18-48(51)55(49,10)11)57(41-26-20-37(3)21-27-41)43-30-24-39(25-31-43)54(7,8)9/h13-36H,12H2,1-11H3/b17-14-,40-13+. The van der Waals surface area contributed by atoms with Crippen LogP contribution in [-0.4, -0.2) is 4.57 Å². The fraction of sp³-hybridized carbons (Fsp3) is 0.273. The summed E-state index contributed by atoms with van der Waals surface area (Å²) in [4.78, 5) is 4.86. The Morgan fingerprint density at radius 1 is 0.621 bits per heavy atom. The predicted octanol–water partition coefficient (Wildman–Crippen LogP) is 15.8. The van der Waals surface area contributed by atoms with Crippen molar-refractivity contribution in [1.82, 2.24) is 4.57 Å². The zero-order valence-electron chi connectivity index (χ0n) is 36.4. The number of nitrogens with zero attached hydrogens (tertiary/aromatic N) is 3. The van der Waals surface area contributed by atoms with Gasteiger partial charge >= 0.3 is 0 Å². The van der Waals surface area contributed by atoms with Gasteiger partial charge in [-0.1, -0.05) is 135 Å². The maximum Gasteiger partial charge on any atom is 0.0583 e. The molecule has 1 aliphatic heterocycles. The minimum absolute atomic E-state index is 0.0644. The Morgan fingerprint density at radius 2 is 1.17 bits per heavy atom. The van der Waals surface area contributed by atoms with Gasteiger partial charge in [-0.05, 0) is 132 Å². The summed E-state index contributed by atoms with van der Waals surface area (Å²) in [5.41, 5.74) is 17.1. The van der Waals surface area contributed by atoms with Crippen molar-refractivity contribution in [3.63, 3.8) is 0 Å². The first-order chi connectivity index (χ1) is 27.6. The van der Waals surface area contributed by atoms with E-state index in [0.717, 1.165) is 40.6 Å². The second kappa shape index (κ2) is 14.5. The Balaban J connectivity index is 1.43. The lowest BCUT2D eigenvalue weighted by atomic mass is 9.74. The number of aryl methyl sites for hydroxylation is 1. The molecule has 0 saturated carbocycles. The van der Waals surface area contributed by atoms with Gasteiger partial charge in [-0.25, -0.2) is 0 Å². The van der Waals surface area contributed by atoms with Crippen LogP contribution in [0, 0.1) is 6.92 Å². The highest BCUT2D eigenvalue weighted by atomic mass is 15.2. The van der Waals surface area contributed by atoms with E-state index in [9.17, 15) is 0 Å². The summed E-state index contributed by atoms with van der Waals surface area (Å²) in [5, 5.41) is 2.49. The molecule has 0 amide bonds. The molecule has 0 fully saturated rings. The van der Waals surface area contributed by atoms with Crippen molar-refractivity contribution in [1.29, 1.82) is 0 Å². The Hall–Kier alpha value is -5.80. The number of rotatable bonds is 8. The van der Waals surface area contributed by atoms with Gasteiger partial charge in [0.1, 0.15) is 0 Å². The monoisotopic (exact) mass is 761 g/mol. The Bertz CT molecular complexity index is 2690. The summed E-state index contributed by atoms with van der Waals surface area (Å²) in [6.45, 7) is 25.0. The van der Waals surface area contributed by atoms with E-state index in [-0.39, 0.29) is 16.2 Å². The molecule has 6 aromatic carbocycles. The van der Waals surface area contributed by atoms with Crippen molar-refractivity contribution in [2.45, 2.75) is 98.8 Å². The minimum Gasteiger partial charge on any atom is -0.311 e. The molecule has 2 heterocycles. The van der Waals surface area contributed by atoms with Crippen molar-refractivity contribution in [2.24, 2.45) is 0 Å². The molecule has 0 aliphatic carbocycles. The molecule has 8 rings (SSSR count). The maximum atomic E-state index is 2.53. The first-order valence-corrected chi connectivity index (χ1v) is 21.1. The fourth-order valence-electron chi connectivity index (χ4n) is 8.81. The van der Waals surface area contributed by atoms with Gasteiger partial charge in [0.25, 0.3) is 0 Å². The van der Waals surface area contributed by atoms with Crippen LogP contribution in [0.1, 0.15) is 103 Å². The van der Waals surface area contributed by atoms with E-state index in [0.29, 0.717) is 0 Å². The van der Waals surface area contributed by atoms with E-state index < -0.39 is 0 Å². The second-order valence-electron chi connectivity index (χ2n) is 18.7. The van der Waals surface area contributed by atoms with Crippen LogP contribution in [0.25, 0.3) is 27.5 Å². The number of allylic oxidation sites excluding steroid dienone is 3. The van der Waals surface area contributed by atoms with Crippen molar-refractivity contribution >= 4 is 50.2 Å². The second-order valence-corrected chi connectivity index (χ2v) is 18.7. The summed E-state index contributed by atoms with van der Waals surface area (Å²) < 4.78 is 2.53. The summed E-state index contributed by atoms with van der Waals surface area (Å²) in [5.74, 6) is 0. The van der Waals surface area contributed by atoms with Crippen molar-refractivity contribution in [2.75, 3.05) is 9.80 Å². The molecule has 3 heteroatoms. The van der Waals surface area contributed by atoms with Crippen molar-refractivity contribution < 1.29 is 0 Å². The van der Waals surface area contributed by atoms with Gasteiger partial charge in [0, 0.05) is 50.3 Å². The Labute approximate surface area is 347 Å². The van der Waals surface area contributed by atoms with E-state index in [2.05, 4.69) is 236 Å². The minimum atomic E-state index is -0.239. The van der Waals surface area contributed by atoms with Gasteiger partial charge in [-0.3, -0.25) is 0 Å². The molecule has 7 aromatic rings. The van der Waals surface area contributed by atoms with E-state index in [1.54, 1.807) is 0 Å². The van der Waals surface area contributed by atoms with Gasteiger partial charge in [0.2, 0.25) is 0 Å². The van der Waals surface area contributed by atoms with E-state index in [4.69, 9.17) is 0 Å². The molecule has 3 nitrogen and oxygen atoms in total. The number of benzene rings is 6. The Morgan fingerprint density at radius 3 is 1.76 bits per heavy atom. The molecule has 0 spiro atoms. The molecule has 58 heavy (non-hydrogen) atoms. The SMILES string of the molecule is C/C=C(\C=C/CC)N(c1ccc(C(C)(C)C)cc1)c1ccc2c(c1)c1cc(N(c3ccc(C)cc3)c3ccc(C(C)(C)C)cc3)cc3c1n2-c1ccccc1C3(C)C. The van der Waals surface area contributed by atoms with Crippen LogP contribution in [0.5, 0.6) is 0 Å². The van der Waals surface area contributed by atoms with Crippen LogP contribution in [0.3, 0.4) is 0 Å². The smallest absolute Gasteiger partial charge is 0.0583 e. The van der Waals surface area contributed by atoms with E-state index in [1.165, 1.54) is 55.3 Å². The molecule has 0 bridgehead atoms. The van der Waals surface area contributed by atoms with Gasteiger partial charge < -0.3 is 14.4 Å². The van der Waals surface area contributed by atoms with Gasteiger partial charge in [-0.2, -0.15) is 0 Å². The van der Waals surface area contributed by atoms with Crippen LogP contribution < -0.4 is 9.80 Å². The molecule has 1 aromatic heterocycles. The quantitative estimate of drug-likeness (QED) is 0.143. The third-order valence-electron chi connectivity index (χ3n) is 12.2. The molecule has 0 radical (unpaired) electrons. The fourth-order valence-corrected chi connectivity index (χ4v) is 8.81. The van der Waals surface area contributed by atoms with Crippen molar-refractivity contribution in [3.05, 3.63) is 179 Å². The van der Waals surface area contributed by atoms with Crippen LogP contribution in [0.4, 0.5) is 28.4 Å². The highest BCUT2D eigenvalue weighted by molar-refractivity contribution is 6.14. The van der Waals surface area contributed by atoms with Crippen molar-refractivity contribution in [3.8, 4) is 5.69 Å². The zero-order chi connectivity index (χ0) is 41.1. The van der Waals surface area contributed by atoms with E-state index >= 15 is 0 Å². The lowest BCUT2D eigenvalue weighted by Gasteiger charge is -2.36. The summed E-state index contributed by atoms with van der Waals surface area (Å²) >= 11 is 0. The average Bonchev–Trinajstić information content (AvgIpc) is 3.52. The number of hydrogen-bond donors (Lipinski definition) is 0. The molecule has 0 N–H and O–H groups in total. The normalized spacial score (nSPS) is 14.0. The number of aromatic nitrogens is 1. The molecular weight excluding hydrogens is 703 g/mol. The highest BCUT2D eigenvalue weighted by Crippen LogP contribution is 2.51. The lowest BCUT2D eigenvalue weighted by Crippen LogP contribution is -2.26. The number of hydrogen-bond acceptors (Lipinski definition) is 2. The molecule has 0 saturated heterocycles. The first-order valence-electron chi connectivity index (χ1n) is 21.1. The molecule has 0 unspecified atom stereocenters. The van der Waals surface area contributed by atoms with Gasteiger partial charge in [0.05, 0.1) is 16.7 Å². The number of anilines is 5. The van der Waals surface area contributed by atoms with Crippen LogP contribution in [0.15, 0.2) is 151 Å². The van der Waals surface area contributed by atoms with Gasteiger partial charge in [-0.15, -0.1) is 0 Å².